The predicted molar refractivity (Wildman–Crippen MR) is 128 cm³/mol. The zero-order chi connectivity index (χ0) is 28.2. The minimum Gasteiger partial charge on any atom is -0.459 e. The van der Waals surface area contributed by atoms with Gasteiger partial charge in [0.25, 0.3) is 0 Å². The second-order valence-corrected chi connectivity index (χ2v) is 12.3. The maximum absolute atomic E-state index is 13.5. The Labute approximate surface area is 221 Å². The molecule has 3 aliphatic carbocycles. The number of allylic oxidation sites excluding steroid dienone is 1. The Morgan fingerprint density at radius 3 is 2.50 bits per heavy atom. The van der Waals surface area contributed by atoms with E-state index in [2.05, 4.69) is 0 Å². The van der Waals surface area contributed by atoms with Crippen LogP contribution >= 0.6 is 0 Å². The number of rotatable bonds is 4. The lowest BCUT2D eigenvalue weighted by Crippen LogP contribution is -2.78. The van der Waals surface area contributed by atoms with Crippen molar-refractivity contribution in [2.75, 3.05) is 6.61 Å². The van der Waals surface area contributed by atoms with E-state index in [4.69, 9.17) is 18.9 Å². The molecule has 4 fully saturated rings. The van der Waals surface area contributed by atoms with Crippen LogP contribution in [-0.2, 0) is 33.3 Å². The standard InChI is InChI=1S/C27H38O11/c1-7-24(5,38-13(4)28)23(33)37-18-17-12(3)19(30)27(34)22-25(6)14(11(2)8-15(29)20(25)31)9-16(36-21(18)32)26(17,22)10-35-27/h8,12,14-20,22,29-31,34H,7,9-10H2,1-6H3/t12-,14-,15-,16-,17+,18-,19+,20-,22-,24+,25-,26+,27+/m1/s1. The molecule has 5 rings (SSSR count). The van der Waals surface area contributed by atoms with Gasteiger partial charge in [-0.15, -0.1) is 0 Å². The van der Waals surface area contributed by atoms with Crippen molar-refractivity contribution in [3.8, 4) is 0 Å². The Bertz CT molecular complexity index is 1090. The van der Waals surface area contributed by atoms with Crippen LogP contribution in [0.3, 0.4) is 0 Å². The minimum atomic E-state index is -2.10. The summed E-state index contributed by atoms with van der Waals surface area (Å²) in [4.78, 5) is 38.5. The fourth-order valence-corrected chi connectivity index (χ4v) is 8.71. The topological polar surface area (TPSA) is 169 Å². The Morgan fingerprint density at radius 1 is 1.24 bits per heavy atom. The molecule has 11 heteroatoms. The molecule has 0 unspecified atom stereocenters. The SMILES string of the molecule is CC[C@](C)(OC(C)=O)C(=O)O[C@H]1C(=O)O[C@@H]2C[C@@H]3C(C)=C[C@@H](O)[C@@H](O)[C@]3(C)[C@H]3[C@@]4(O)OC[C@]32[C@H]1[C@@H](C)[C@@H]4O. The third-order valence-corrected chi connectivity index (χ3v) is 10.5. The normalized spacial score (nSPS) is 50.5. The summed E-state index contributed by atoms with van der Waals surface area (Å²) in [7, 11) is 0. The number of esters is 3. The van der Waals surface area contributed by atoms with Gasteiger partial charge < -0.3 is 39.4 Å². The van der Waals surface area contributed by atoms with Gasteiger partial charge in [0, 0.05) is 29.6 Å². The second kappa shape index (κ2) is 8.47. The second-order valence-electron chi connectivity index (χ2n) is 12.3. The highest BCUT2D eigenvalue weighted by molar-refractivity contribution is 5.86. The molecule has 0 aromatic carbocycles. The fraction of sp³-hybridized carbons (Fsp3) is 0.815. The van der Waals surface area contributed by atoms with Gasteiger partial charge in [-0.2, -0.15) is 0 Å². The zero-order valence-corrected chi connectivity index (χ0v) is 22.5. The van der Waals surface area contributed by atoms with E-state index >= 15 is 0 Å². The van der Waals surface area contributed by atoms with Gasteiger partial charge in [0.15, 0.2) is 5.79 Å². The lowest BCUT2D eigenvalue weighted by Gasteiger charge is -2.68. The van der Waals surface area contributed by atoms with Crippen LogP contribution in [0.5, 0.6) is 0 Å². The van der Waals surface area contributed by atoms with E-state index in [9.17, 15) is 34.8 Å². The highest BCUT2D eigenvalue weighted by Gasteiger charge is 2.83. The van der Waals surface area contributed by atoms with E-state index < -0.39 is 94.3 Å². The Morgan fingerprint density at radius 2 is 1.89 bits per heavy atom. The fourth-order valence-electron chi connectivity index (χ4n) is 8.71. The third kappa shape index (κ3) is 3.22. The van der Waals surface area contributed by atoms with E-state index in [1.807, 2.05) is 6.92 Å². The molecule has 4 N–H and O–H groups in total. The lowest BCUT2D eigenvalue weighted by molar-refractivity contribution is -0.345. The molecular weight excluding hydrogens is 500 g/mol. The van der Waals surface area contributed by atoms with E-state index in [0.717, 1.165) is 5.57 Å². The molecule has 11 nitrogen and oxygen atoms in total. The van der Waals surface area contributed by atoms with Crippen LogP contribution in [0.4, 0.5) is 0 Å². The van der Waals surface area contributed by atoms with E-state index in [-0.39, 0.29) is 13.0 Å². The number of fused-ring (bicyclic) bond motifs is 1. The first-order chi connectivity index (χ1) is 17.6. The monoisotopic (exact) mass is 538 g/mol. The van der Waals surface area contributed by atoms with Crippen LogP contribution in [0.15, 0.2) is 11.6 Å². The van der Waals surface area contributed by atoms with Gasteiger partial charge in [0.05, 0.1) is 18.8 Å². The molecule has 0 radical (unpaired) electrons. The summed E-state index contributed by atoms with van der Waals surface area (Å²) in [5.41, 5.74) is -3.19. The smallest absolute Gasteiger partial charge is 0.351 e. The number of ether oxygens (including phenoxy) is 4. The molecule has 0 aromatic rings. The molecule has 38 heavy (non-hydrogen) atoms. The van der Waals surface area contributed by atoms with Crippen LogP contribution in [0.2, 0.25) is 0 Å². The summed E-state index contributed by atoms with van der Waals surface area (Å²) >= 11 is 0. The molecule has 5 aliphatic rings. The first-order valence-corrected chi connectivity index (χ1v) is 13.3. The lowest BCUT2D eigenvalue weighted by atomic mass is 9.38. The van der Waals surface area contributed by atoms with Gasteiger partial charge in [0.2, 0.25) is 11.7 Å². The maximum Gasteiger partial charge on any atom is 0.351 e. The van der Waals surface area contributed by atoms with Crippen LogP contribution in [-0.4, -0.2) is 86.8 Å². The molecule has 2 aliphatic heterocycles. The molecule has 2 saturated heterocycles. The van der Waals surface area contributed by atoms with Gasteiger partial charge in [-0.3, -0.25) is 4.79 Å². The van der Waals surface area contributed by atoms with Gasteiger partial charge in [-0.05, 0) is 38.5 Å². The summed E-state index contributed by atoms with van der Waals surface area (Å²) in [5, 5.41) is 45.5. The largest absolute Gasteiger partial charge is 0.459 e. The predicted octanol–water partition coefficient (Wildman–Crippen LogP) is 0.212. The van der Waals surface area contributed by atoms with Gasteiger partial charge >= 0.3 is 17.9 Å². The van der Waals surface area contributed by atoms with Crippen molar-refractivity contribution in [3.05, 3.63) is 11.6 Å². The molecule has 2 saturated carbocycles. The molecule has 0 aromatic heterocycles. The van der Waals surface area contributed by atoms with Crippen molar-refractivity contribution in [2.45, 2.75) is 96.3 Å². The summed E-state index contributed by atoms with van der Waals surface area (Å²) in [5.74, 6) is -7.52. The van der Waals surface area contributed by atoms with Crippen LogP contribution in [0, 0.1) is 34.5 Å². The Hall–Kier alpha value is -2.05. The summed E-state index contributed by atoms with van der Waals surface area (Å²) in [6.45, 7) is 9.32. The highest BCUT2D eigenvalue weighted by atomic mass is 16.7. The molecule has 13 atom stereocenters. The van der Waals surface area contributed by atoms with Crippen molar-refractivity contribution in [1.82, 2.24) is 0 Å². The zero-order valence-electron chi connectivity index (χ0n) is 22.5. The van der Waals surface area contributed by atoms with E-state index in [0.29, 0.717) is 6.42 Å². The number of hydrogen-bond donors (Lipinski definition) is 4. The molecular formula is C27H38O11. The molecule has 1 spiro atoms. The van der Waals surface area contributed by atoms with Crippen LogP contribution in [0.1, 0.15) is 54.4 Å². The number of carbonyl (C=O) groups excluding carboxylic acids is 3. The van der Waals surface area contributed by atoms with Crippen molar-refractivity contribution in [2.24, 2.45) is 34.5 Å². The average molecular weight is 539 g/mol. The van der Waals surface area contributed by atoms with Gasteiger partial charge in [-0.1, -0.05) is 32.4 Å². The molecule has 2 heterocycles. The molecule has 0 amide bonds. The summed E-state index contributed by atoms with van der Waals surface area (Å²) in [6.07, 6.45) is -4.32. The van der Waals surface area contributed by atoms with Gasteiger partial charge in [-0.25, -0.2) is 9.59 Å². The molecule has 2 bridgehead atoms. The van der Waals surface area contributed by atoms with Crippen LogP contribution in [0.25, 0.3) is 0 Å². The first kappa shape index (κ1) is 27.5. The van der Waals surface area contributed by atoms with Gasteiger partial charge in [0.1, 0.15) is 12.2 Å². The third-order valence-electron chi connectivity index (χ3n) is 10.5. The average Bonchev–Trinajstić information content (AvgIpc) is 3.13. The van der Waals surface area contributed by atoms with Crippen molar-refractivity contribution >= 4 is 17.9 Å². The van der Waals surface area contributed by atoms with E-state index in [1.54, 1.807) is 26.8 Å². The quantitative estimate of drug-likeness (QED) is 0.219. The minimum absolute atomic E-state index is 0.0880. The van der Waals surface area contributed by atoms with Crippen molar-refractivity contribution < 1.29 is 53.8 Å². The van der Waals surface area contributed by atoms with Crippen LogP contribution < -0.4 is 0 Å². The highest BCUT2D eigenvalue weighted by Crippen LogP contribution is 2.74. The maximum atomic E-state index is 13.5. The number of hydrogen-bond acceptors (Lipinski definition) is 11. The first-order valence-electron chi connectivity index (χ1n) is 13.3. The Kier molecular flexibility index (Phi) is 6.14. The summed E-state index contributed by atoms with van der Waals surface area (Å²) < 4.78 is 22.9. The molecule has 212 valence electrons. The van der Waals surface area contributed by atoms with Crippen molar-refractivity contribution in [1.29, 1.82) is 0 Å². The number of carbonyl (C=O) groups is 3. The number of aliphatic hydroxyl groups is 4. The van der Waals surface area contributed by atoms with E-state index in [1.165, 1.54) is 13.8 Å². The Balaban J connectivity index is 1.64. The van der Waals surface area contributed by atoms with Crippen molar-refractivity contribution in [3.63, 3.8) is 0 Å². The number of aliphatic hydroxyl groups excluding tert-OH is 3. The summed E-state index contributed by atoms with van der Waals surface area (Å²) in [6, 6.07) is 0.